The molecule has 0 spiro atoms. The van der Waals surface area contributed by atoms with Crippen LogP contribution in [0.25, 0.3) is 16.3 Å². The number of benzene rings is 1. The number of hydrogen-bond acceptors (Lipinski definition) is 6. The van der Waals surface area contributed by atoms with E-state index < -0.39 is 11.9 Å². The summed E-state index contributed by atoms with van der Waals surface area (Å²) in [5.74, 6) is -1.33. The van der Waals surface area contributed by atoms with Gasteiger partial charge in [-0.15, -0.1) is 0 Å². The summed E-state index contributed by atoms with van der Waals surface area (Å²) in [5, 5.41) is 21.4. The molecule has 0 aliphatic rings. The van der Waals surface area contributed by atoms with Gasteiger partial charge in [-0.3, -0.25) is 14.9 Å². The average Bonchev–Trinajstić information content (AvgIpc) is 2.62. The molecule has 0 radical (unpaired) electrons. The standard InChI is InChI=1S/C15H11N4.2C2H4O2.Zn/c1-2-7-14-12(5-1)8-9-15(18-14)19-17-11-13-6-3-4-10-16-13;2*1-2(3)4;/h1-11H;2*1H3,(H,3,4);/q-1;;;+2/p-1/b17-11+;;;. The van der Waals surface area contributed by atoms with Gasteiger partial charge in [0.1, 0.15) is 0 Å². The van der Waals surface area contributed by atoms with Crippen LogP contribution in [0, 0.1) is 0 Å². The molecule has 1 aromatic carbocycles. The monoisotopic (exact) mass is 430 g/mol. The maximum Gasteiger partial charge on any atom is 2.00 e. The smallest absolute Gasteiger partial charge is 0.550 e. The van der Waals surface area contributed by atoms with E-state index in [0.717, 1.165) is 30.4 Å². The van der Waals surface area contributed by atoms with Gasteiger partial charge < -0.3 is 25.4 Å². The number of carboxylic acids is 2. The number of rotatable bonds is 3. The summed E-state index contributed by atoms with van der Waals surface area (Å²) < 4.78 is 0. The Morgan fingerprint density at radius 2 is 1.68 bits per heavy atom. The predicted molar refractivity (Wildman–Crippen MR) is 101 cm³/mol. The number of carbonyl (C=O) groups is 2. The van der Waals surface area contributed by atoms with Gasteiger partial charge in [-0.25, -0.2) is 0 Å². The Morgan fingerprint density at radius 3 is 2.29 bits per heavy atom. The van der Waals surface area contributed by atoms with Gasteiger partial charge in [0.25, 0.3) is 5.97 Å². The van der Waals surface area contributed by atoms with Gasteiger partial charge in [-0.1, -0.05) is 42.5 Å². The van der Waals surface area contributed by atoms with Crippen LogP contribution < -0.4 is 5.11 Å². The minimum absolute atomic E-state index is 0. The number of fused-ring (bicyclic) bond motifs is 1. The maximum absolute atomic E-state index is 9.00. The van der Waals surface area contributed by atoms with Gasteiger partial charge in [0.05, 0.1) is 11.9 Å². The molecule has 2 aromatic heterocycles. The van der Waals surface area contributed by atoms with Crippen LogP contribution in [0.1, 0.15) is 19.5 Å². The van der Waals surface area contributed by atoms with Crippen LogP contribution in [0.4, 0.5) is 5.82 Å². The molecule has 9 heteroatoms. The molecule has 0 aliphatic heterocycles. The third-order valence-corrected chi connectivity index (χ3v) is 2.62. The summed E-state index contributed by atoms with van der Waals surface area (Å²) in [5.41, 5.74) is 5.75. The molecule has 2 heterocycles. The van der Waals surface area contributed by atoms with E-state index in [1.165, 1.54) is 0 Å². The molecule has 0 atom stereocenters. The zero-order valence-electron chi connectivity index (χ0n) is 15.5. The fraction of sp³-hybridized carbons (Fsp3) is 0.105. The van der Waals surface area contributed by atoms with Gasteiger partial charge in [0, 0.05) is 19.1 Å². The van der Waals surface area contributed by atoms with Crippen molar-refractivity contribution in [1.82, 2.24) is 9.97 Å². The minimum atomic E-state index is -1.08. The number of carbonyl (C=O) groups excluding carboxylic acids is 1. The largest absolute Gasteiger partial charge is 2.00 e. The molecule has 0 aliphatic carbocycles. The summed E-state index contributed by atoms with van der Waals surface area (Å²) in [6, 6.07) is 17.4. The zero-order chi connectivity index (χ0) is 20.1. The van der Waals surface area contributed by atoms with E-state index in [1.807, 2.05) is 54.6 Å². The van der Waals surface area contributed by atoms with E-state index in [2.05, 4.69) is 20.5 Å². The first-order valence-electron chi connectivity index (χ1n) is 7.76. The molecule has 0 fully saturated rings. The van der Waals surface area contributed by atoms with Crippen molar-refractivity contribution in [1.29, 1.82) is 0 Å². The third-order valence-electron chi connectivity index (χ3n) is 2.62. The Balaban J connectivity index is 0.000000697. The van der Waals surface area contributed by atoms with Crippen LogP contribution in [0.5, 0.6) is 0 Å². The van der Waals surface area contributed by atoms with Crippen molar-refractivity contribution in [3.8, 4) is 0 Å². The average molecular weight is 432 g/mol. The van der Waals surface area contributed by atoms with E-state index in [1.54, 1.807) is 12.4 Å². The Morgan fingerprint density at radius 1 is 1.07 bits per heavy atom. The summed E-state index contributed by atoms with van der Waals surface area (Å²) in [6.07, 6.45) is 3.33. The SMILES string of the molecule is C(=N\[N-]c1ccc2ccccc2n1)/c1ccccn1.CC(=O)O.CC(=O)[O-].[Zn+2]. The number of carboxylic acid groups (broad SMARTS) is 2. The second-order valence-electron chi connectivity index (χ2n) is 4.97. The second kappa shape index (κ2) is 13.9. The number of aromatic nitrogens is 2. The zero-order valence-corrected chi connectivity index (χ0v) is 18.5. The number of nitrogens with zero attached hydrogens (tertiary/aromatic N) is 4. The maximum atomic E-state index is 9.00. The summed E-state index contributed by atoms with van der Waals surface area (Å²) >= 11 is 0. The van der Waals surface area contributed by atoms with Gasteiger partial charge >= 0.3 is 19.5 Å². The molecule has 140 valence electrons. The second-order valence-corrected chi connectivity index (χ2v) is 4.97. The normalized spacial score (nSPS) is 9.21. The summed E-state index contributed by atoms with van der Waals surface area (Å²) in [6.45, 7) is 2.06. The third kappa shape index (κ3) is 11.4. The van der Waals surface area contributed by atoms with Crippen LogP contribution in [0.3, 0.4) is 0 Å². The molecule has 0 amide bonds. The van der Waals surface area contributed by atoms with E-state index >= 15 is 0 Å². The Hall–Kier alpha value is -3.19. The van der Waals surface area contributed by atoms with Crippen molar-refractivity contribution in [3.05, 3.63) is 71.9 Å². The number of aliphatic carboxylic acids is 2. The fourth-order valence-corrected chi connectivity index (χ4v) is 1.71. The Kier molecular flexibility index (Phi) is 12.4. The Bertz CT molecular complexity index is 885. The van der Waals surface area contributed by atoms with Gasteiger partial charge in [-0.2, -0.15) is 0 Å². The Labute approximate surface area is 175 Å². The molecule has 3 aromatic rings. The summed E-state index contributed by atoms with van der Waals surface area (Å²) in [4.78, 5) is 26.4. The molecule has 3 rings (SSSR count). The molecule has 0 saturated heterocycles. The molecular weight excluding hydrogens is 414 g/mol. The topological polar surface area (TPSA) is 130 Å². The van der Waals surface area contributed by atoms with Crippen molar-refractivity contribution in [2.24, 2.45) is 5.10 Å². The number of hydrogen-bond donors (Lipinski definition) is 1. The molecule has 8 nitrogen and oxygen atoms in total. The predicted octanol–water partition coefficient (Wildman–Crippen LogP) is 2.51. The molecule has 28 heavy (non-hydrogen) atoms. The van der Waals surface area contributed by atoms with Crippen molar-refractivity contribution < 1.29 is 39.3 Å². The van der Waals surface area contributed by atoms with Crippen molar-refractivity contribution in [3.63, 3.8) is 0 Å². The minimum Gasteiger partial charge on any atom is -0.550 e. The van der Waals surface area contributed by atoms with Crippen LogP contribution in [-0.2, 0) is 29.1 Å². The van der Waals surface area contributed by atoms with Crippen LogP contribution in [0.15, 0.2) is 65.9 Å². The molecule has 0 bridgehead atoms. The first-order valence-corrected chi connectivity index (χ1v) is 7.76. The fourth-order valence-electron chi connectivity index (χ4n) is 1.71. The van der Waals surface area contributed by atoms with Crippen LogP contribution >= 0.6 is 0 Å². The van der Waals surface area contributed by atoms with Gasteiger partial charge in [0.2, 0.25) is 0 Å². The van der Waals surface area contributed by atoms with Gasteiger partial charge in [0.15, 0.2) is 0 Å². The van der Waals surface area contributed by atoms with Gasteiger partial charge in [-0.05, 0) is 35.8 Å². The van der Waals surface area contributed by atoms with Crippen molar-refractivity contribution in [2.75, 3.05) is 0 Å². The van der Waals surface area contributed by atoms with Crippen molar-refractivity contribution in [2.45, 2.75) is 13.8 Å². The van der Waals surface area contributed by atoms with E-state index in [-0.39, 0.29) is 19.5 Å². The van der Waals surface area contributed by atoms with E-state index in [4.69, 9.17) is 19.8 Å². The molecule has 0 unspecified atom stereocenters. The number of para-hydroxylation sites is 1. The number of pyridine rings is 2. The first-order chi connectivity index (χ1) is 12.9. The van der Waals surface area contributed by atoms with Crippen LogP contribution in [0.2, 0.25) is 0 Å². The first kappa shape index (κ1) is 24.8. The van der Waals surface area contributed by atoms with Crippen LogP contribution in [-0.4, -0.2) is 33.2 Å². The molecular formula is C19H18N4O4Zn. The van der Waals surface area contributed by atoms with E-state index in [9.17, 15) is 0 Å². The molecule has 0 saturated carbocycles. The van der Waals surface area contributed by atoms with Crippen molar-refractivity contribution >= 4 is 34.9 Å². The summed E-state index contributed by atoms with van der Waals surface area (Å²) in [7, 11) is 0. The quantitative estimate of drug-likeness (QED) is 0.385. The van der Waals surface area contributed by atoms with E-state index in [0.29, 0.717) is 5.82 Å². The molecule has 1 N–H and O–H groups in total.